The molecule has 0 aromatic heterocycles. The van der Waals surface area contributed by atoms with Crippen molar-refractivity contribution in [2.24, 2.45) is 0 Å². The Morgan fingerprint density at radius 1 is 0.800 bits per heavy atom. The molecule has 0 radical (unpaired) electrons. The molecule has 2 aromatic rings. The molecule has 0 heterocycles. The second-order valence-electron chi connectivity index (χ2n) is 5.09. The smallest absolute Gasteiger partial charge is 0.348 e. The highest BCUT2D eigenvalue weighted by atomic mass is 16.6. The standard InChI is InChI=1S/C18H16O7/c19-11-24-15(17(20)21)16(18(22)23)25-14(12-7-3-1-4-8-12)13-9-5-2-6-10-13/h1-11,14-16H,(H,20,21)(H,22,23). The van der Waals surface area contributed by atoms with Crippen molar-refractivity contribution >= 4 is 18.4 Å². The number of hydrogen-bond donors (Lipinski definition) is 2. The van der Waals surface area contributed by atoms with Crippen LogP contribution in [0.5, 0.6) is 0 Å². The third-order valence-corrected chi connectivity index (χ3v) is 3.45. The molecule has 25 heavy (non-hydrogen) atoms. The largest absolute Gasteiger partial charge is 0.479 e. The van der Waals surface area contributed by atoms with E-state index in [1.807, 2.05) is 0 Å². The van der Waals surface area contributed by atoms with E-state index in [0.29, 0.717) is 11.1 Å². The van der Waals surface area contributed by atoms with Crippen LogP contribution < -0.4 is 0 Å². The fourth-order valence-electron chi connectivity index (χ4n) is 2.33. The Labute approximate surface area is 143 Å². The number of carbonyl (C=O) groups is 3. The van der Waals surface area contributed by atoms with Gasteiger partial charge >= 0.3 is 11.9 Å². The lowest BCUT2D eigenvalue weighted by Crippen LogP contribution is -2.44. The van der Waals surface area contributed by atoms with E-state index in [-0.39, 0.29) is 6.47 Å². The minimum absolute atomic E-state index is 0.113. The van der Waals surface area contributed by atoms with Gasteiger partial charge < -0.3 is 19.7 Å². The second kappa shape index (κ2) is 8.60. The van der Waals surface area contributed by atoms with Gasteiger partial charge in [0.15, 0.2) is 0 Å². The molecule has 0 amide bonds. The minimum atomic E-state index is -1.97. The zero-order chi connectivity index (χ0) is 18.2. The Morgan fingerprint density at radius 3 is 1.60 bits per heavy atom. The van der Waals surface area contributed by atoms with Crippen LogP contribution in [0, 0.1) is 0 Å². The topological polar surface area (TPSA) is 110 Å². The summed E-state index contributed by atoms with van der Waals surface area (Å²) in [6, 6.07) is 17.5. The summed E-state index contributed by atoms with van der Waals surface area (Å²) < 4.78 is 10.0. The van der Waals surface area contributed by atoms with Crippen molar-refractivity contribution < 1.29 is 34.1 Å². The SMILES string of the molecule is O=COC(C(=O)O)C(OC(c1ccccc1)c1ccccc1)C(=O)O. The van der Waals surface area contributed by atoms with Gasteiger partial charge in [-0.05, 0) is 11.1 Å². The van der Waals surface area contributed by atoms with Gasteiger partial charge in [0.2, 0.25) is 12.2 Å². The van der Waals surface area contributed by atoms with Gasteiger partial charge in [0.25, 0.3) is 6.47 Å². The van der Waals surface area contributed by atoms with E-state index in [1.54, 1.807) is 60.7 Å². The number of carbonyl (C=O) groups excluding carboxylic acids is 1. The Morgan fingerprint density at radius 2 is 1.24 bits per heavy atom. The van der Waals surface area contributed by atoms with Gasteiger partial charge in [-0.2, -0.15) is 0 Å². The van der Waals surface area contributed by atoms with Crippen LogP contribution in [-0.2, 0) is 23.9 Å². The van der Waals surface area contributed by atoms with Crippen LogP contribution in [0.3, 0.4) is 0 Å². The Bertz CT molecular complexity index is 675. The summed E-state index contributed by atoms with van der Waals surface area (Å²) in [6.07, 6.45) is -4.70. The highest BCUT2D eigenvalue weighted by Crippen LogP contribution is 2.28. The van der Waals surface area contributed by atoms with E-state index in [4.69, 9.17) is 9.84 Å². The normalized spacial score (nSPS) is 13.0. The fourth-order valence-corrected chi connectivity index (χ4v) is 2.33. The van der Waals surface area contributed by atoms with Gasteiger partial charge in [-0.15, -0.1) is 0 Å². The molecule has 7 heteroatoms. The van der Waals surface area contributed by atoms with Crippen LogP contribution in [0.25, 0.3) is 0 Å². The maximum atomic E-state index is 11.5. The van der Waals surface area contributed by atoms with Gasteiger partial charge in [-0.3, -0.25) is 4.79 Å². The summed E-state index contributed by atoms with van der Waals surface area (Å²) in [5.41, 5.74) is 1.27. The molecule has 0 aliphatic rings. The third kappa shape index (κ3) is 4.65. The molecule has 0 spiro atoms. The highest BCUT2D eigenvalue weighted by Gasteiger charge is 2.39. The first kappa shape index (κ1) is 18.2. The summed E-state index contributed by atoms with van der Waals surface area (Å²) in [7, 11) is 0. The zero-order valence-corrected chi connectivity index (χ0v) is 13.0. The molecule has 2 atom stereocenters. The van der Waals surface area contributed by atoms with Crippen molar-refractivity contribution in [2.45, 2.75) is 18.3 Å². The molecular formula is C18H16O7. The molecule has 0 fully saturated rings. The third-order valence-electron chi connectivity index (χ3n) is 3.45. The number of hydrogen-bond acceptors (Lipinski definition) is 5. The Hall–Kier alpha value is -3.19. The second-order valence-corrected chi connectivity index (χ2v) is 5.09. The molecule has 2 rings (SSSR count). The van der Waals surface area contributed by atoms with Crippen LogP contribution in [0.4, 0.5) is 0 Å². The van der Waals surface area contributed by atoms with Crippen molar-refractivity contribution in [1.82, 2.24) is 0 Å². The van der Waals surface area contributed by atoms with E-state index in [1.165, 1.54) is 0 Å². The number of benzene rings is 2. The lowest BCUT2D eigenvalue weighted by Gasteiger charge is -2.26. The van der Waals surface area contributed by atoms with Crippen LogP contribution in [0.15, 0.2) is 60.7 Å². The van der Waals surface area contributed by atoms with Crippen molar-refractivity contribution in [3.63, 3.8) is 0 Å². The Balaban J connectivity index is 2.41. The van der Waals surface area contributed by atoms with Gasteiger partial charge in [-0.1, -0.05) is 60.7 Å². The van der Waals surface area contributed by atoms with Crippen molar-refractivity contribution in [1.29, 1.82) is 0 Å². The molecule has 2 N–H and O–H groups in total. The molecule has 7 nitrogen and oxygen atoms in total. The van der Waals surface area contributed by atoms with E-state index in [9.17, 15) is 19.5 Å². The van der Waals surface area contributed by atoms with E-state index >= 15 is 0 Å². The molecular weight excluding hydrogens is 328 g/mol. The summed E-state index contributed by atoms with van der Waals surface area (Å²) in [5.74, 6) is -3.16. The monoisotopic (exact) mass is 344 g/mol. The average Bonchev–Trinajstić information content (AvgIpc) is 2.62. The number of carboxylic acid groups (broad SMARTS) is 2. The molecule has 0 saturated heterocycles. The van der Waals surface area contributed by atoms with Crippen LogP contribution >= 0.6 is 0 Å². The number of carboxylic acids is 2. The molecule has 2 unspecified atom stereocenters. The number of aliphatic carboxylic acids is 2. The van der Waals surface area contributed by atoms with Gasteiger partial charge in [-0.25, -0.2) is 9.59 Å². The summed E-state index contributed by atoms with van der Waals surface area (Å²) in [6.45, 7) is -0.113. The van der Waals surface area contributed by atoms with Crippen molar-refractivity contribution in [3.8, 4) is 0 Å². The highest BCUT2D eigenvalue weighted by molar-refractivity contribution is 5.84. The number of ether oxygens (including phenoxy) is 2. The molecule has 0 saturated carbocycles. The van der Waals surface area contributed by atoms with Crippen LogP contribution in [0.2, 0.25) is 0 Å². The lowest BCUT2D eigenvalue weighted by molar-refractivity contribution is -0.181. The Kier molecular flexibility index (Phi) is 6.25. The molecule has 0 bridgehead atoms. The maximum Gasteiger partial charge on any atom is 0.348 e. The summed E-state index contributed by atoms with van der Waals surface area (Å²) >= 11 is 0. The first-order valence-corrected chi connectivity index (χ1v) is 7.34. The first-order valence-electron chi connectivity index (χ1n) is 7.34. The summed E-state index contributed by atoms with van der Waals surface area (Å²) in [5, 5.41) is 18.5. The van der Waals surface area contributed by atoms with Gasteiger partial charge in [0.05, 0.1) is 0 Å². The quantitative estimate of drug-likeness (QED) is 0.668. The summed E-state index contributed by atoms with van der Waals surface area (Å²) in [4.78, 5) is 33.3. The predicted octanol–water partition coefficient (Wildman–Crippen LogP) is 1.87. The fraction of sp³-hybridized carbons (Fsp3) is 0.167. The first-order chi connectivity index (χ1) is 12.0. The van der Waals surface area contributed by atoms with Crippen molar-refractivity contribution in [3.05, 3.63) is 71.8 Å². The van der Waals surface area contributed by atoms with Gasteiger partial charge in [0.1, 0.15) is 6.10 Å². The zero-order valence-electron chi connectivity index (χ0n) is 13.0. The molecule has 2 aromatic carbocycles. The molecule has 0 aliphatic heterocycles. The lowest BCUT2D eigenvalue weighted by atomic mass is 10.0. The molecule has 0 aliphatic carbocycles. The van der Waals surface area contributed by atoms with Gasteiger partial charge in [0, 0.05) is 0 Å². The maximum absolute atomic E-state index is 11.5. The van der Waals surface area contributed by atoms with Crippen molar-refractivity contribution in [2.75, 3.05) is 0 Å². The average molecular weight is 344 g/mol. The van der Waals surface area contributed by atoms with E-state index in [2.05, 4.69) is 4.74 Å². The molecule has 130 valence electrons. The van der Waals surface area contributed by atoms with Crippen LogP contribution in [-0.4, -0.2) is 40.8 Å². The van der Waals surface area contributed by atoms with Crippen LogP contribution in [0.1, 0.15) is 17.2 Å². The predicted molar refractivity (Wildman–Crippen MR) is 85.8 cm³/mol. The number of rotatable bonds is 9. The van der Waals surface area contributed by atoms with E-state index in [0.717, 1.165) is 0 Å². The minimum Gasteiger partial charge on any atom is -0.479 e. The van der Waals surface area contributed by atoms with E-state index < -0.39 is 30.3 Å².